The van der Waals surface area contributed by atoms with E-state index < -0.39 is 16.8 Å². The van der Waals surface area contributed by atoms with E-state index in [2.05, 4.69) is 0 Å². The molecule has 1 aliphatic rings. The maximum atomic E-state index is 11.4. The Kier molecular flexibility index (Phi) is 4.30. The van der Waals surface area contributed by atoms with E-state index in [9.17, 15) is 14.9 Å². The molecule has 0 aromatic heterocycles. The van der Waals surface area contributed by atoms with Crippen LogP contribution in [0.2, 0.25) is 0 Å². The van der Waals surface area contributed by atoms with Gasteiger partial charge in [-0.1, -0.05) is 6.07 Å². The predicted octanol–water partition coefficient (Wildman–Crippen LogP) is 2.29. The van der Waals surface area contributed by atoms with Gasteiger partial charge in [0.25, 0.3) is 0 Å². The van der Waals surface area contributed by atoms with Crippen LogP contribution >= 0.6 is 0 Å². The van der Waals surface area contributed by atoms with Crippen LogP contribution in [0.1, 0.15) is 20.3 Å². The Morgan fingerprint density at radius 3 is 2.76 bits per heavy atom. The second kappa shape index (κ2) is 5.99. The molecule has 7 heteroatoms. The van der Waals surface area contributed by atoms with Crippen LogP contribution in [0.25, 0.3) is 0 Å². The second-order valence-corrected chi connectivity index (χ2v) is 5.32. The largest absolute Gasteiger partial charge is 0.484 e. The third kappa shape index (κ3) is 3.24. The van der Waals surface area contributed by atoms with E-state index in [1.54, 1.807) is 36.9 Å². The Morgan fingerprint density at radius 1 is 1.52 bits per heavy atom. The van der Waals surface area contributed by atoms with Gasteiger partial charge < -0.3 is 14.7 Å². The van der Waals surface area contributed by atoms with E-state index in [4.69, 9.17) is 9.84 Å². The van der Waals surface area contributed by atoms with E-state index in [0.29, 0.717) is 18.7 Å². The Labute approximate surface area is 122 Å². The van der Waals surface area contributed by atoms with Crippen LogP contribution in [0.15, 0.2) is 18.2 Å². The molecule has 1 fully saturated rings. The van der Waals surface area contributed by atoms with E-state index in [0.717, 1.165) is 0 Å². The molecule has 0 radical (unpaired) electrons. The molecule has 21 heavy (non-hydrogen) atoms. The molecule has 0 aliphatic carbocycles. The number of rotatable bonds is 5. The fraction of sp³-hybridized carbons (Fsp3) is 0.500. The van der Waals surface area contributed by atoms with Crippen molar-refractivity contribution in [1.29, 1.82) is 0 Å². The lowest BCUT2D eigenvalue weighted by atomic mass is 10.1. The lowest BCUT2D eigenvalue weighted by Crippen LogP contribution is -2.23. The molecular weight excluding hydrogens is 276 g/mol. The van der Waals surface area contributed by atoms with Crippen molar-refractivity contribution in [3.05, 3.63) is 28.3 Å². The molecular formula is C14H18N2O5. The van der Waals surface area contributed by atoms with E-state index in [1.807, 2.05) is 0 Å². The summed E-state index contributed by atoms with van der Waals surface area (Å²) in [5.74, 6) is -1.14. The molecule has 1 aromatic carbocycles. The number of nitrogens with zero attached hydrogens (tertiary/aromatic N) is 2. The number of carbonyl (C=O) groups is 1. The first-order chi connectivity index (χ1) is 9.90. The van der Waals surface area contributed by atoms with Crippen molar-refractivity contribution >= 4 is 17.3 Å². The van der Waals surface area contributed by atoms with Gasteiger partial charge in [0.1, 0.15) is 5.69 Å². The number of ether oxygens (including phenoxy) is 1. The molecule has 2 rings (SSSR count). The minimum absolute atomic E-state index is 0.0998. The fourth-order valence-corrected chi connectivity index (χ4v) is 2.48. The molecule has 0 spiro atoms. The second-order valence-electron chi connectivity index (χ2n) is 5.32. The Bertz CT molecular complexity index is 558. The number of nitro groups is 1. The number of para-hydroxylation sites is 1. The first kappa shape index (κ1) is 15.1. The minimum Gasteiger partial charge on any atom is -0.484 e. The van der Waals surface area contributed by atoms with Crippen molar-refractivity contribution in [3.63, 3.8) is 0 Å². The predicted molar refractivity (Wildman–Crippen MR) is 76.8 cm³/mol. The van der Waals surface area contributed by atoms with Crippen LogP contribution in [0.5, 0.6) is 5.75 Å². The first-order valence-electron chi connectivity index (χ1n) is 6.82. The summed E-state index contributed by atoms with van der Waals surface area (Å²) in [5.41, 5.74) is 0.319. The lowest BCUT2D eigenvalue weighted by Gasteiger charge is -2.20. The van der Waals surface area contributed by atoms with Crippen molar-refractivity contribution in [2.75, 3.05) is 18.0 Å². The zero-order chi connectivity index (χ0) is 15.6. The fourth-order valence-electron chi connectivity index (χ4n) is 2.48. The van der Waals surface area contributed by atoms with Crippen LogP contribution in [0.4, 0.5) is 11.4 Å². The summed E-state index contributed by atoms with van der Waals surface area (Å²) in [6.07, 6.45) is 0.311. The number of anilines is 1. The van der Waals surface area contributed by atoms with Gasteiger partial charge in [0.2, 0.25) is 0 Å². The summed E-state index contributed by atoms with van der Waals surface area (Å²) in [6.45, 7) is 4.36. The van der Waals surface area contributed by atoms with Crippen molar-refractivity contribution < 1.29 is 19.6 Å². The quantitative estimate of drug-likeness (QED) is 0.661. The monoisotopic (exact) mass is 294 g/mol. The summed E-state index contributed by atoms with van der Waals surface area (Å²) in [6, 6.07) is 4.88. The third-order valence-corrected chi connectivity index (χ3v) is 3.40. The molecule has 0 amide bonds. The average Bonchev–Trinajstić information content (AvgIpc) is 2.86. The van der Waals surface area contributed by atoms with Gasteiger partial charge in [0, 0.05) is 13.1 Å². The highest BCUT2D eigenvalue weighted by atomic mass is 16.6. The number of aliphatic carboxylic acids is 1. The highest BCUT2D eigenvalue weighted by Gasteiger charge is 2.33. The summed E-state index contributed by atoms with van der Waals surface area (Å²) in [7, 11) is 0. The highest BCUT2D eigenvalue weighted by molar-refractivity contribution is 5.75. The maximum absolute atomic E-state index is 11.4. The van der Waals surface area contributed by atoms with Crippen LogP contribution in [-0.2, 0) is 4.79 Å². The van der Waals surface area contributed by atoms with E-state index in [1.165, 1.54) is 0 Å². The topological polar surface area (TPSA) is 92.9 Å². The standard InChI is InChI=1S/C14H18N2O5/c1-9(2)21-12-5-3-4-11(13(12)16(19)20)15-7-6-10(8-15)14(17)18/h3-5,9-10H,6-8H2,1-2H3,(H,17,18). The van der Waals surface area contributed by atoms with E-state index in [-0.39, 0.29) is 24.1 Å². The molecule has 0 saturated carbocycles. The van der Waals surface area contributed by atoms with Gasteiger partial charge in [-0.3, -0.25) is 14.9 Å². The Morgan fingerprint density at radius 2 is 2.24 bits per heavy atom. The summed E-state index contributed by atoms with van der Waals surface area (Å²) in [4.78, 5) is 23.7. The molecule has 1 heterocycles. The smallest absolute Gasteiger partial charge is 0.333 e. The number of carboxylic acids is 1. The van der Waals surface area contributed by atoms with Gasteiger partial charge in [-0.05, 0) is 32.4 Å². The molecule has 1 unspecified atom stereocenters. The zero-order valence-corrected chi connectivity index (χ0v) is 12.0. The van der Waals surface area contributed by atoms with Crippen LogP contribution < -0.4 is 9.64 Å². The van der Waals surface area contributed by atoms with Gasteiger partial charge in [-0.25, -0.2) is 0 Å². The SMILES string of the molecule is CC(C)Oc1cccc(N2CCC(C(=O)O)C2)c1[N+](=O)[O-]. The van der Waals surface area contributed by atoms with Gasteiger partial charge in [0.05, 0.1) is 16.9 Å². The molecule has 1 atom stereocenters. The van der Waals surface area contributed by atoms with Gasteiger partial charge in [0.15, 0.2) is 5.75 Å². The van der Waals surface area contributed by atoms with Crippen molar-refractivity contribution in [1.82, 2.24) is 0 Å². The minimum atomic E-state index is -0.866. The Hall–Kier alpha value is -2.31. The zero-order valence-electron chi connectivity index (χ0n) is 12.0. The summed E-state index contributed by atoms with van der Waals surface area (Å²) in [5, 5.41) is 20.4. The summed E-state index contributed by atoms with van der Waals surface area (Å²) >= 11 is 0. The van der Waals surface area contributed by atoms with Crippen molar-refractivity contribution in [2.24, 2.45) is 5.92 Å². The molecule has 1 saturated heterocycles. The first-order valence-corrected chi connectivity index (χ1v) is 6.82. The molecule has 0 bridgehead atoms. The maximum Gasteiger partial charge on any atom is 0.333 e. The lowest BCUT2D eigenvalue weighted by molar-refractivity contribution is -0.385. The van der Waals surface area contributed by atoms with Crippen molar-refractivity contribution in [3.8, 4) is 5.75 Å². The molecule has 1 aliphatic heterocycles. The molecule has 114 valence electrons. The molecule has 7 nitrogen and oxygen atoms in total. The average molecular weight is 294 g/mol. The number of nitro benzene ring substituents is 1. The van der Waals surface area contributed by atoms with Crippen LogP contribution in [0.3, 0.4) is 0 Å². The Balaban J connectivity index is 2.35. The van der Waals surface area contributed by atoms with E-state index >= 15 is 0 Å². The van der Waals surface area contributed by atoms with Gasteiger partial charge >= 0.3 is 11.7 Å². The van der Waals surface area contributed by atoms with Crippen LogP contribution in [-0.4, -0.2) is 35.2 Å². The normalized spacial score (nSPS) is 18.0. The number of carboxylic acid groups (broad SMARTS) is 1. The van der Waals surface area contributed by atoms with Crippen molar-refractivity contribution in [2.45, 2.75) is 26.4 Å². The molecule has 1 aromatic rings. The third-order valence-electron chi connectivity index (χ3n) is 3.40. The van der Waals surface area contributed by atoms with Gasteiger partial charge in [-0.2, -0.15) is 0 Å². The highest BCUT2D eigenvalue weighted by Crippen LogP contribution is 2.39. The molecule has 1 N–H and O–H groups in total. The number of hydrogen-bond acceptors (Lipinski definition) is 5. The van der Waals surface area contributed by atoms with Crippen LogP contribution in [0, 0.1) is 16.0 Å². The summed E-state index contributed by atoms with van der Waals surface area (Å²) < 4.78 is 5.50. The van der Waals surface area contributed by atoms with Gasteiger partial charge in [-0.15, -0.1) is 0 Å². The number of hydrogen-bond donors (Lipinski definition) is 1. The number of benzene rings is 1.